The van der Waals surface area contributed by atoms with Crippen LogP contribution in [0.5, 0.6) is 0 Å². The summed E-state index contributed by atoms with van der Waals surface area (Å²) in [5, 5.41) is 0. The Hall–Kier alpha value is -0.590. The highest BCUT2D eigenvalue weighted by Gasteiger charge is 2.58. The highest BCUT2D eigenvalue weighted by atomic mass is 16.1. The van der Waals surface area contributed by atoms with Crippen molar-refractivity contribution in [3.63, 3.8) is 0 Å². The van der Waals surface area contributed by atoms with Crippen molar-refractivity contribution >= 4 is 5.78 Å². The standard InChI is InChI=1S/C21H32O/c1-4-14-6-8-18-17-7-5-15-13-16(22)9-11-21(15,3)19(17)10-12-20(14,18)2/h4,15,17-19H,5-13H2,1-3H3/t15-,17-,18-,19-,20+,21-/m0/s1. The number of hydrogen-bond acceptors (Lipinski definition) is 1. The van der Waals surface area contributed by atoms with Gasteiger partial charge in [0.1, 0.15) is 5.78 Å². The fraction of sp³-hybridized carbons (Fsp3) is 0.857. The van der Waals surface area contributed by atoms with Crippen LogP contribution in [0.3, 0.4) is 0 Å². The van der Waals surface area contributed by atoms with E-state index in [2.05, 4.69) is 26.8 Å². The summed E-state index contributed by atoms with van der Waals surface area (Å²) < 4.78 is 0. The Labute approximate surface area is 135 Å². The SMILES string of the molecule is CC=C1CC[C@H]2[C@@H]3CC[C@H]4CC(=O)CC[C@]4(C)[C@H]3CC[C@]12C. The van der Waals surface area contributed by atoms with Gasteiger partial charge in [-0.05, 0) is 86.4 Å². The topological polar surface area (TPSA) is 17.1 Å². The molecule has 0 aliphatic heterocycles. The Balaban J connectivity index is 1.65. The van der Waals surface area contributed by atoms with Gasteiger partial charge >= 0.3 is 0 Å². The van der Waals surface area contributed by atoms with Crippen LogP contribution in [0.25, 0.3) is 0 Å². The molecule has 6 atom stereocenters. The molecule has 1 heteroatoms. The molecule has 4 rings (SSSR count). The van der Waals surface area contributed by atoms with Gasteiger partial charge in [0.25, 0.3) is 0 Å². The second-order valence-corrected chi connectivity index (χ2v) is 9.21. The Kier molecular flexibility index (Phi) is 3.37. The van der Waals surface area contributed by atoms with Crippen LogP contribution >= 0.6 is 0 Å². The zero-order chi connectivity index (χ0) is 15.5. The van der Waals surface area contributed by atoms with Crippen LogP contribution in [0.2, 0.25) is 0 Å². The van der Waals surface area contributed by atoms with Gasteiger partial charge in [0.05, 0.1) is 0 Å². The first-order chi connectivity index (χ1) is 10.5. The summed E-state index contributed by atoms with van der Waals surface area (Å²) in [6, 6.07) is 0. The summed E-state index contributed by atoms with van der Waals surface area (Å²) >= 11 is 0. The van der Waals surface area contributed by atoms with E-state index in [1.807, 2.05) is 0 Å². The van der Waals surface area contributed by atoms with Crippen LogP contribution < -0.4 is 0 Å². The van der Waals surface area contributed by atoms with E-state index < -0.39 is 0 Å². The monoisotopic (exact) mass is 300 g/mol. The Bertz CT molecular complexity index is 518. The maximum atomic E-state index is 11.9. The fourth-order valence-electron chi connectivity index (χ4n) is 7.37. The van der Waals surface area contributed by atoms with Crippen molar-refractivity contribution in [3.05, 3.63) is 11.6 Å². The average Bonchev–Trinajstić information content (AvgIpc) is 2.84. The molecule has 22 heavy (non-hydrogen) atoms. The summed E-state index contributed by atoms with van der Waals surface area (Å²) in [5.41, 5.74) is 2.72. The highest BCUT2D eigenvalue weighted by Crippen LogP contribution is 2.67. The van der Waals surface area contributed by atoms with Gasteiger partial charge in [-0.15, -0.1) is 0 Å². The minimum absolute atomic E-state index is 0.469. The van der Waals surface area contributed by atoms with Crippen molar-refractivity contribution in [1.82, 2.24) is 0 Å². The van der Waals surface area contributed by atoms with E-state index in [1.165, 1.54) is 44.9 Å². The molecule has 0 aromatic rings. The predicted octanol–water partition coefficient (Wildman–Crippen LogP) is 5.54. The third kappa shape index (κ3) is 1.86. The van der Waals surface area contributed by atoms with Gasteiger partial charge in [-0.2, -0.15) is 0 Å². The lowest BCUT2D eigenvalue weighted by atomic mass is 9.45. The molecule has 0 N–H and O–H groups in total. The Morgan fingerprint density at radius 2 is 1.82 bits per heavy atom. The molecule has 0 aromatic heterocycles. The zero-order valence-electron chi connectivity index (χ0n) is 14.7. The molecule has 0 bridgehead atoms. The molecule has 0 heterocycles. The van der Waals surface area contributed by atoms with Gasteiger partial charge in [0, 0.05) is 12.8 Å². The quantitative estimate of drug-likeness (QED) is 0.536. The molecule has 4 aliphatic carbocycles. The maximum Gasteiger partial charge on any atom is 0.133 e. The molecule has 4 fully saturated rings. The highest BCUT2D eigenvalue weighted by molar-refractivity contribution is 5.79. The van der Waals surface area contributed by atoms with Crippen LogP contribution in [0.1, 0.15) is 78.6 Å². The molecule has 0 spiro atoms. The van der Waals surface area contributed by atoms with E-state index in [0.29, 0.717) is 22.5 Å². The second-order valence-electron chi connectivity index (χ2n) is 9.21. The van der Waals surface area contributed by atoms with Crippen molar-refractivity contribution in [2.45, 2.75) is 78.6 Å². The summed E-state index contributed by atoms with van der Waals surface area (Å²) in [7, 11) is 0. The first-order valence-corrected chi connectivity index (χ1v) is 9.66. The minimum Gasteiger partial charge on any atom is -0.300 e. The van der Waals surface area contributed by atoms with Gasteiger partial charge in [0.15, 0.2) is 0 Å². The Morgan fingerprint density at radius 3 is 2.59 bits per heavy atom. The second kappa shape index (κ2) is 4.95. The van der Waals surface area contributed by atoms with E-state index in [4.69, 9.17) is 0 Å². The predicted molar refractivity (Wildman–Crippen MR) is 90.5 cm³/mol. The van der Waals surface area contributed by atoms with E-state index in [0.717, 1.165) is 30.6 Å². The van der Waals surface area contributed by atoms with E-state index >= 15 is 0 Å². The number of carbonyl (C=O) groups is 1. The molecule has 122 valence electrons. The molecule has 0 saturated heterocycles. The van der Waals surface area contributed by atoms with Gasteiger partial charge in [-0.25, -0.2) is 0 Å². The molecule has 1 nitrogen and oxygen atoms in total. The van der Waals surface area contributed by atoms with Crippen LogP contribution in [-0.2, 0) is 4.79 Å². The van der Waals surface area contributed by atoms with E-state index in [-0.39, 0.29) is 0 Å². The summed E-state index contributed by atoms with van der Waals surface area (Å²) in [6.07, 6.45) is 13.7. The van der Waals surface area contributed by atoms with Crippen molar-refractivity contribution in [2.75, 3.05) is 0 Å². The number of hydrogen-bond donors (Lipinski definition) is 0. The normalized spacial score (nSPS) is 53.0. The fourth-order valence-corrected chi connectivity index (χ4v) is 7.37. The summed E-state index contributed by atoms with van der Waals surface area (Å²) in [4.78, 5) is 11.9. The zero-order valence-corrected chi connectivity index (χ0v) is 14.7. The van der Waals surface area contributed by atoms with Crippen molar-refractivity contribution in [1.29, 1.82) is 0 Å². The molecule has 4 saturated carbocycles. The average molecular weight is 300 g/mol. The third-order valence-corrected chi connectivity index (χ3v) is 8.68. The van der Waals surface area contributed by atoms with E-state index in [1.54, 1.807) is 5.57 Å². The smallest absolute Gasteiger partial charge is 0.133 e. The van der Waals surface area contributed by atoms with Gasteiger partial charge < -0.3 is 0 Å². The van der Waals surface area contributed by atoms with Crippen molar-refractivity contribution in [2.24, 2.45) is 34.5 Å². The number of rotatable bonds is 0. The first-order valence-electron chi connectivity index (χ1n) is 9.66. The van der Waals surface area contributed by atoms with Crippen LogP contribution in [0.4, 0.5) is 0 Å². The number of ketones is 1. The third-order valence-electron chi connectivity index (χ3n) is 8.68. The number of Topliss-reactive ketones (excluding diaryl/α,β-unsaturated/α-hetero) is 1. The minimum atomic E-state index is 0.469. The molecule has 0 unspecified atom stereocenters. The van der Waals surface area contributed by atoms with Crippen molar-refractivity contribution < 1.29 is 4.79 Å². The first kappa shape index (κ1) is 15.0. The molecule has 0 radical (unpaired) electrons. The lowest BCUT2D eigenvalue weighted by molar-refractivity contribution is -0.136. The molecular formula is C21H32O. The van der Waals surface area contributed by atoms with Crippen LogP contribution in [0.15, 0.2) is 11.6 Å². The van der Waals surface area contributed by atoms with Gasteiger partial charge in [-0.3, -0.25) is 4.79 Å². The lowest BCUT2D eigenvalue weighted by Crippen LogP contribution is -2.52. The molecular weight excluding hydrogens is 268 g/mol. The van der Waals surface area contributed by atoms with Crippen molar-refractivity contribution in [3.8, 4) is 0 Å². The van der Waals surface area contributed by atoms with Crippen LogP contribution in [0, 0.1) is 34.5 Å². The van der Waals surface area contributed by atoms with Gasteiger partial charge in [0.2, 0.25) is 0 Å². The van der Waals surface area contributed by atoms with Gasteiger partial charge in [-0.1, -0.05) is 25.5 Å². The molecule has 4 aliphatic rings. The maximum absolute atomic E-state index is 11.9. The number of allylic oxidation sites excluding steroid dienone is 2. The molecule has 0 amide bonds. The molecule has 0 aromatic carbocycles. The Morgan fingerprint density at radius 1 is 1.00 bits per heavy atom. The largest absolute Gasteiger partial charge is 0.300 e. The van der Waals surface area contributed by atoms with Crippen LogP contribution in [-0.4, -0.2) is 5.78 Å². The summed E-state index contributed by atoms with van der Waals surface area (Å²) in [6.45, 7) is 7.37. The lowest BCUT2D eigenvalue weighted by Gasteiger charge is -2.59. The number of carbonyl (C=O) groups excluding carboxylic acids is 1. The summed E-state index contributed by atoms with van der Waals surface area (Å²) in [5.74, 6) is 3.99. The number of fused-ring (bicyclic) bond motifs is 5. The van der Waals surface area contributed by atoms with E-state index in [9.17, 15) is 4.79 Å².